The Kier molecular flexibility index (Phi) is 4.49. The van der Waals surface area contributed by atoms with Crippen molar-refractivity contribution in [2.45, 2.75) is 5.92 Å². The Morgan fingerprint density at radius 2 is 1.79 bits per heavy atom. The van der Waals surface area contributed by atoms with E-state index in [1.165, 1.54) is 0 Å². The highest BCUT2D eigenvalue weighted by molar-refractivity contribution is 7.18. The van der Waals surface area contributed by atoms with Gasteiger partial charge in [0.05, 0.1) is 15.3 Å². The molecule has 1 aromatic heterocycles. The van der Waals surface area contributed by atoms with E-state index in [4.69, 9.17) is 34.8 Å². The lowest BCUT2D eigenvalue weighted by Gasteiger charge is -2.11. The molecule has 1 atom stereocenters. The first-order valence-corrected chi connectivity index (χ1v) is 7.12. The van der Waals surface area contributed by atoms with Crippen LogP contribution in [-0.2, 0) is 0 Å². The van der Waals surface area contributed by atoms with Crippen LogP contribution < -0.4 is 0 Å². The van der Waals surface area contributed by atoms with E-state index < -0.39 is 5.92 Å². The average molecular weight is 331 g/mol. The zero-order valence-corrected chi connectivity index (χ0v) is 12.4. The molecule has 0 fully saturated rings. The summed E-state index contributed by atoms with van der Waals surface area (Å²) >= 11 is 19.0. The second-order valence-corrected chi connectivity index (χ2v) is 6.19. The molecule has 2 aromatic rings. The van der Waals surface area contributed by atoms with Crippen molar-refractivity contribution in [3.05, 3.63) is 55.2 Å². The smallest absolute Gasteiger partial charge is 0.194 e. The number of thiophene rings is 1. The quantitative estimate of drug-likeness (QED) is 0.726. The molecule has 0 spiro atoms. The number of nitrogens with zero attached hydrogens (tertiary/aromatic N) is 1. The molecule has 1 aromatic carbocycles. The van der Waals surface area contributed by atoms with Gasteiger partial charge in [-0.2, -0.15) is 5.26 Å². The maximum atomic E-state index is 12.3. The molecule has 2 rings (SSSR count). The zero-order chi connectivity index (χ0) is 14.0. The Hall–Kier alpha value is -1.05. The number of ketones is 1. The summed E-state index contributed by atoms with van der Waals surface area (Å²) in [6, 6.07) is 10.0. The fraction of sp³-hybridized carbons (Fsp3) is 0.0769. The molecule has 19 heavy (non-hydrogen) atoms. The van der Waals surface area contributed by atoms with Crippen molar-refractivity contribution in [2.75, 3.05) is 0 Å². The molecule has 0 N–H and O–H groups in total. The summed E-state index contributed by atoms with van der Waals surface area (Å²) in [5.41, 5.74) is 0.336. The van der Waals surface area contributed by atoms with Gasteiger partial charge >= 0.3 is 0 Å². The highest BCUT2D eigenvalue weighted by atomic mass is 35.5. The minimum absolute atomic E-state index is 0.301. The van der Waals surface area contributed by atoms with Crippen molar-refractivity contribution >= 4 is 51.9 Å². The van der Waals surface area contributed by atoms with Gasteiger partial charge in [0.1, 0.15) is 5.92 Å². The summed E-state index contributed by atoms with van der Waals surface area (Å²) in [6.45, 7) is 0. The molecule has 0 saturated carbocycles. The minimum Gasteiger partial charge on any atom is -0.291 e. The van der Waals surface area contributed by atoms with Crippen molar-refractivity contribution in [1.82, 2.24) is 0 Å². The Morgan fingerprint density at radius 3 is 2.26 bits per heavy atom. The standard InChI is InChI=1S/C13H6Cl3NOS/c14-8-2-1-3-9(15)12(8)7(6-17)13(18)10-4-5-11(16)19-10/h1-5,7H. The summed E-state index contributed by atoms with van der Waals surface area (Å²) in [5.74, 6) is -1.38. The summed E-state index contributed by atoms with van der Waals surface area (Å²) in [6.07, 6.45) is 0. The lowest BCUT2D eigenvalue weighted by Crippen LogP contribution is -2.11. The van der Waals surface area contributed by atoms with Gasteiger partial charge in [-0.25, -0.2) is 0 Å². The highest BCUT2D eigenvalue weighted by Gasteiger charge is 2.27. The molecular weight excluding hydrogens is 325 g/mol. The first-order chi connectivity index (χ1) is 9.04. The van der Waals surface area contributed by atoms with Gasteiger partial charge in [-0.1, -0.05) is 40.9 Å². The van der Waals surface area contributed by atoms with Gasteiger partial charge in [0, 0.05) is 15.6 Å². The van der Waals surface area contributed by atoms with E-state index in [0.717, 1.165) is 11.3 Å². The van der Waals surface area contributed by atoms with Gasteiger partial charge in [-0.05, 0) is 24.3 Å². The number of hydrogen-bond donors (Lipinski definition) is 0. The third-order valence-corrected chi connectivity index (χ3v) is 4.40. The molecule has 0 aliphatic carbocycles. The van der Waals surface area contributed by atoms with Crippen LogP contribution in [0.25, 0.3) is 0 Å². The largest absolute Gasteiger partial charge is 0.291 e. The van der Waals surface area contributed by atoms with Crippen LogP contribution in [0.15, 0.2) is 30.3 Å². The van der Waals surface area contributed by atoms with Crippen molar-refractivity contribution in [1.29, 1.82) is 5.26 Å². The van der Waals surface area contributed by atoms with Gasteiger partial charge < -0.3 is 0 Å². The molecule has 0 aliphatic heterocycles. The summed E-state index contributed by atoms with van der Waals surface area (Å²) in [7, 11) is 0. The Bertz CT molecular complexity index is 655. The average Bonchev–Trinajstić information content (AvgIpc) is 2.80. The normalized spacial score (nSPS) is 11.9. The van der Waals surface area contributed by atoms with Crippen LogP contribution in [-0.4, -0.2) is 5.78 Å². The summed E-state index contributed by atoms with van der Waals surface area (Å²) in [4.78, 5) is 12.7. The van der Waals surface area contributed by atoms with Gasteiger partial charge in [0.15, 0.2) is 5.78 Å². The molecule has 0 aliphatic rings. The number of Topliss-reactive ketones (excluding diaryl/α,β-unsaturated/α-hetero) is 1. The third-order valence-electron chi connectivity index (χ3n) is 2.50. The van der Waals surface area contributed by atoms with E-state index in [-0.39, 0.29) is 5.78 Å². The monoisotopic (exact) mass is 329 g/mol. The topological polar surface area (TPSA) is 40.9 Å². The van der Waals surface area contributed by atoms with Crippen molar-refractivity contribution in [2.24, 2.45) is 0 Å². The second-order valence-electron chi connectivity index (χ2n) is 3.67. The van der Waals surface area contributed by atoms with Crippen LogP contribution in [0, 0.1) is 11.3 Å². The molecular formula is C13H6Cl3NOS. The molecule has 0 saturated heterocycles. The molecule has 1 unspecified atom stereocenters. The van der Waals surface area contributed by atoms with Crippen LogP contribution >= 0.6 is 46.1 Å². The molecule has 6 heteroatoms. The van der Waals surface area contributed by atoms with Crippen molar-refractivity contribution in [3.63, 3.8) is 0 Å². The van der Waals surface area contributed by atoms with Crippen LogP contribution in [0.2, 0.25) is 14.4 Å². The Balaban J connectivity index is 2.47. The van der Waals surface area contributed by atoms with Crippen LogP contribution in [0.3, 0.4) is 0 Å². The van der Waals surface area contributed by atoms with Crippen LogP contribution in [0.4, 0.5) is 0 Å². The van der Waals surface area contributed by atoms with Gasteiger partial charge in [-0.15, -0.1) is 11.3 Å². The van der Waals surface area contributed by atoms with E-state index in [1.54, 1.807) is 30.3 Å². The van der Waals surface area contributed by atoms with Crippen LogP contribution in [0.1, 0.15) is 21.2 Å². The SMILES string of the molecule is N#CC(C(=O)c1ccc(Cl)s1)c1c(Cl)cccc1Cl. The number of nitriles is 1. The van der Waals surface area contributed by atoms with E-state index in [9.17, 15) is 10.1 Å². The first-order valence-electron chi connectivity index (χ1n) is 5.17. The Labute approximate surface area is 129 Å². The third kappa shape index (κ3) is 2.93. The Morgan fingerprint density at radius 1 is 1.16 bits per heavy atom. The summed E-state index contributed by atoms with van der Waals surface area (Å²) < 4.78 is 0.491. The maximum Gasteiger partial charge on any atom is 0.194 e. The fourth-order valence-corrected chi connectivity index (χ4v) is 3.26. The molecule has 2 nitrogen and oxygen atoms in total. The van der Waals surface area contributed by atoms with Crippen LogP contribution in [0.5, 0.6) is 0 Å². The lowest BCUT2D eigenvalue weighted by molar-refractivity contribution is 0.0983. The lowest BCUT2D eigenvalue weighted by atomic mass is 9.95. The maximum absolute atomic E-state index is 12.3. The van der Waals surface area contributed by atoms with Gasteiger partial charge in [0.25, 0.3) is 0 Å². The summed E-state index contributed by atoms with van der Waals surface area (Å²) in [5, 5.41) is 9.85. The van der Waals surface area contributed by atoms with Crippen molar-refractivity contribution < 1.29 is 4.79 Å². The molecule has 0 amide bonds. The molecule has 0 bridgehead atoms. The number of rotatable bonds is 3. The van der Waals surface area contributed by atoms with Gasteiger partial charge in [-0.3, -0.25) is 4.79 Å². The highest BCUT2D eigenvalue weighted by Crippen LogP contribution is 2.35. The van der Waals surface area contributed by atoms with E-state index >= 15 is 0 Å². The van der Waals surface area contributed by atoms with E-state index in [1.807, 2.05) is 6.07 Å². The minimum atomic E-state index is -1.03. The van der Waals surface area contributed by atoms with E-state index in [0.29, 0.717) is 24.8 Å². The number of benzene rings is 1. The predicted octanol–water partition coefficient (Wildman–Crippen LogP) is 5.20. The molecule has 1 heterocycles. The second kappa shape index (κ2) is 5.94. The first kappa shape index (κ1) is 14.4. The van der Waals surface area contributed by atoms with E-state index in [2.05, 4.69) is 0 Å². The predicted molar refractivity (Wildman–Crippen MR) is 78.5 cm³/mol. The number of carbonyl (C=O) groups is 1. The van der Waals surface area contributed by atoms with Crippen molar-refractivity contribution in [3.8, 4) is 6.07 Å². The number of halogens is 3. The number of carbonyl (C=O) groups excluding carboxylic acids is 1. The zero-order valence-electron chi connectivity index (χ0n) is 9.36. The number of hydrogen-bond acceptors (Lipinski definition) is 3. The fourth-order valence-electron chi connectivity index (χ4n) is 1.63. The molecule has 96 valence electrons. The van der Waals surface area contributed by atoms with Gasteiger partial charge in [0.2, 0.25) is 0 Å². The molecule has 0 radical (unpaired) electrons.